The van der Waals surface area contributed by atoms with E-state index in [2.05, 4.69) is 35.8 Å². The number of hydrogen-bond acceptors (Lipinski definition) is 2. The molecule has 0 aliphatic heterocycles. The predicted octanol–water partition coefficient (Wildman–Crippen LogP) is 3.31. The SMILES string of the molecule is CC(C)c1cc(Br)c(O)c(CC2(N)CC2)c1. The number of benzene rings is 1. The molecule has 0 aromatic heterocycles. The average molecular weight is 284 g/mol. The van der Waals surface area contributed by atoms with Crippen LogP contribution in [0.15, 0.2) is 16.6 Å². The second kappa shape index (κ2) is 4.04. The number of hydrogen-bond donors (Lipinski definition) is 2. The van der Waals surface area contributed by atoms with Gasteiger partial charge in [0.2, 0.25) is 0 Å². The van der Waals surface area contributed by atoms with Crippen LogP contribution in [0.2, 0.25) is 0 Å². The van der Waals surface area contributed by atoms with Crippen molar-refractivity contribution in [3.05, 3.63) is 27.7 Å². The van der Waals surface area contributed by atoms with Gasteiger partial charge < -0.3 is 10.8 Å². The van der Waals surface area contributed by atoms with Crippen LogP contribution in [0.3, 0.4) is 0 Å². The van der Waals surface area contributed by atoms with E-state index in [1.165, 1.54) is 5.56 Å². The minimum absolute atomic E-state index is 0.0630. The molecule has 16 heavy (non-hydrogen) atoms. The first-order valence-electron chi connectivity index (χ1n) is 5.71. The highest BCUT2D eigenvalue weighted by molar-refractivity contribution is 9.10. The van der Waals surface area contributed by atoms with Crippen LogP contribution < -0.4 is 5.73 Å². The Bertz CT molecular complexity index is 411. The quantitative estimate of drug-likeness (QED) is 0.894. The first-order chi connectivity index (χ1) is 7.41. The standard InChI is InChI=1S/C13H18BrNO/c1-8(2)9-5-10(7-13(15)3-4-13)12(16)11(14)6-9/h5-6,8,16H,3-4,7,15H2,1-2H3. The molecule has 1 aliphatic rings. The molecule has 1 aromatic rings. The maximum Gasteiger partial charge on any atom is 0.133 e. The molecule has 0 spiro atoms. The van der Waals surface area contributed by atoms with Crippen LogP contribution in [0, 0.1) is 0 Å². The lowest BCUT2D eigenvalue weighted by molar-refractivity contribution is 0.459. The number of nitrogens with two attached hydrogens (primary N) is 1. The van der Waals surface area contributed by atoms with Gasteiger partial charge in [-0.25, -0.2) is 0 Å². The van der Waals surface area contributed by atoms with E-state index in [9.17, 15) is 5.11 Å². The Labute approximate surface area is 105 Å². The first-order valence-corrected chi connectivity index (χ1v) is 6.51. The van der Waals surface area contributed by atoms with Gasteiger partial charge in [0, 0.05) is 5.54 Å². The summed E-state index contributed by atoms with van der Waals surface area (Å²) in [6.45, 7) is 4.30. The molecule has 1 aromatic carbocycles. The zero-order valence-electron chi connectivity index (χ0n) is 9.76. The second-order valence-electron chi connectivity index (χ2n) is 5.20. The van der Waals surface area contributed by atoms with E-state index >= 15 is 0 Å². The number of aromatic hydroxyl groups is 1. The highest BCUT2D eigenvalue weighted by atomic mass is 79.9. The molecule has 0 radical (unpaired) electrons. The van der Waals surface area contributed by atoms with Gasteiger partial charge >= 0.3 is 0 Å². The monoisotopic (exact) mass is 283 g/mol. The van der Waals surface area contributed by atoms with E-state index in [0.717, 1.165) is 29.3 Å². The first kappa shape index (κ1) is 11.9. The number of phenolic OH excluding ortho intramolecular Hbond substituents is 1. The summed E-state index contributed by atoms with van der Waals surface area (Å²) < 4.78 is 0.776. The van der Waals surface area contributed by atoms with Crippen LogP contribution in [0.5, 0.6) is 5.75 Å². The Morgan fingerprint density at radius 1 is 1.44 bits per heavy atom. The average Bonchev–Trinajstić information content (AvgIpc) is 2.91. The molecule has 0 heterocycles. The third kappa shape index (κ3) is 2.41. The number of halogens is 1. The Morgan fingerprint density at radius 2 is 2.06 bits per heavy atom. The lowest BCUT2D eigenvalue weighted by atomic mass is 9.96. The maximum absolute atomic E-state index is 9.99. The molecular formula is C13H18BrNO. The van der Waals surface area contributed by atoms with E-state index in [1.807, 2.05) is 6.07 Å². The Balaban J connectivity index is 2.34. The van der Waals surface area contributed by atoms with Crippen LogP contribution in [0.25, 0.3) is 0 Å². The summed E-state index contributed by atoms with van der Waals surface area (Å²) in [7, 11) is 0. The minimum Gasteiger partial charge on any atom is -0.506 e. The molecule has 1 aliphatic carbocycles. The van der Waals surface area contributed by atoms with Crippen molar-refractivity contribution >= 4 is 15.9 Å². The van der Waals surface area contributed by atoms with Crippen molar-refractivity contribution in [3.63, 3.8) is 0 Å². The molecule has 3 heteroatoms. The van der Waals surface area contributed by atoms with E-state index in [1.54, 1.807) is 0 Å². The molecule has 1 fully saturated rings. The van der Waals surface area contributed by atoms with Crippen molar-refractivity contribution in [2.24, 2.45) is 5.73 Å². The highest BCUT2D eigenvalue weighted by Crippen LogP contribution is 2.40. The highest BCUT2D eigenvalue weighted by Gasteiger charge is 2.38. The Hall–Kier alpha value is -0.540. The van der Waals surface area contributed by atoms with Gasteiger partial charge in [-0.1, -0.05) is 19.9 Å². The van der Waals surface area contributed by atoms with Crippen LogP contribution >= 0.6 is 15.9 Å². The number of rotatable bonds is 3. The summed E-state index contributed by atoms with van der Waals surface area (Å²) in [4.78, 5) is 0. The van der Waals surface area contributed by atoms with Gasteiger partial charge in [-0.05, 0) is 58.3 Å². The zero-order chi connectivity index (χ0) is 11.9. The number of phenols is 1. The van der Waals surface area contributed by atoms with Crippen molar-refractivity contribution in [2.45, 2.75) is 44.6 Å². The fourth-order valence-corrected chi connectivity index (χ4v) is 2.38. The van der Waals surface area contributed by atoms with Crippen LogP contribution in [-0.2, 0) is 6.42 Å². The Kier molecular flexibility index (Phi) is 3.01. The molecule has 0 saturated heterocycles. The topological polar surface area (TPSA) is 46.2 Å². The summed E-state index contributed by atoms with van der Waals surface area (Å²) in [5, 5.41) is 9.99. The van der Waals surface area contributed by atoms with Gasteiger partial charge in [0.1, 0.15) is 5.75 Å². The summed E-state index contributed by atoms with van der Waals surface area (Å²) in [6, 6.07) is 4.07. The summed E-state index contributed by atoms with van der Waals surface area (Å²) in [5.74, 6) is 0.810. The molecule has 2 nitrogen and oxygen atoms in total. The van der Waals surface area contributed by atoms with E-state index in [-0.39, 0.29) is 5.54 Å². The van der Waals surface area contributed by atoms with Crippen LogP contribution in [-0.4, -0.2) is 10.6 Å². The molecule has 0 unspecified atom stereocenters. The Morgan fingerprint density at radius 3 is 2.56 bits per heavy atom. The van der Waals surface area contributed by atoms with Crippen LogP contribution in [0.4, 0.5) is 0 Å². The molecule has 3 N–H and O–H groups in total. The summed E-state index contributed by atoms with van der Waals surface area (Å²) >= 11 is 3.40. The van der Waals surface area contributed by atoms with Crippen molar-refractivity contribution in [1.82, 2.24) is 0 Å². The zero-order valence-corrected chi connectivity index (χ0v) is 11.3. The molecule has 0 atom stereocenters. The third-order valence-electron chi connectivity index (χ3n) is 3.27. The maximum atomic E-state index is 9.99. The van der Waals surface area contributed by atoms with E-state index < -0.39 is 0 Å². The van der Waals surface area contributed by atoms with Crippen molar-refractivity contribution < 1.29 is 5.11 Å². The van der Waals surface area contributed by atoms with E-state index in [0.29, 0.717) is 11.7 Å². The summed E-state index contributed by atoms with van der Waals surface area (Å²) in [5.41, 5.74) is 8.24. The van der Waals surface area contributed by atoms with E-state index in [4.69, 9.17) is 5.73 Å². The largest absolute Gasteiger partial charge is 0.506 e. The lowest BCUT2D eigenvalue weighted by Crippen LogP contribution is -2.24. The molecule has 2 rings (SSSR count). The smallest absolute Gasteiger partial charge is 0.133 e. The van der Waals surface area contributed by atoms with Crippen molar-refractivity contribution in [2.75, 3.05) is 0 Å². The van der Waals surface area contributed by atoms with Gasteiger partial charge in [-0.15, -0.1) is 0 Å². The normalized spacial score (nSPS) is 17.8. The van der Waals surface area contributed by atoms with Crippen molar-refractivity contribution in [3.8, 4) is 5.75 Å². The molecule has 0 bridgehead atoms. The molecule has 0 amide bonds. The van der Waals surface area contributed by atoms with Crippen molar-refractivity contribution in [1.29, 1.82) is 0 Å². The summed E-state index contributed by atoms with van der Waals surface area (Å²) in [6.07, 6.45) is 2.91. The van der Waals surface area contributed by atoms with Gasteiger partial charge in [0.25, 0.3) is 0 Å². The fraction of sp³-hybridized carbons (Fsp3) is 0.538. The van der Waals surface area contributed by atoms with Gasteiger partial charge in [-0.3, -0.25) is 0 Å². The van der Waals surface area contributed by atoms with Gasteiger partial charge in [0.05, 0.1) is 4.47 Å². The third-order valence-corrected chi connectivity index (χ3v) is 3.87. The molecular weight excluding hydrogens is 266 g/mol. The lowest BCUT2D eigenvalue weighted by Gasteiger charge is -2.15. The second-order valence-corrected chi connectivity index (χ2v) is 6.06. The minimum atomic E-state index is -0.0630. The predicted molar refractivity (Wildman–Crippen MR) is 69.8 cm³/mol. The van der Waals surface area contributed by atoms with Gasteiger partial charge in [-0.2, -0.15) is 0 Å². The van der Waals surface area contributed by atoms with Gasteiger partial charge in [0.15, 0.2) is 0 Å². The fourth-order valence-electron chi connectivity index (χ4n) is 1.86. The molecule has 1 saturated carbocycles. The molecule has 88 valence electrons. The van der Waals surface area contributed by atoms with Crippen LogP contribution in [0.1, 0.15) is 43.7 Å².